The van der Waals surface area contributed by atoms with Gasteiger partial charge in [-0.15, -0.1) is 0 Å². The molecule has 0 spiro atoms. The predicted octanol–water partition coefficient (Wildman–Crippen LogP) is 0.840. The van der Waals surface area contributed by atoms with E-state index in [0.29, 0.717) is 6.61 Å². The molecule has 1 saturated heterocycles. The minimum atomic E-state index is -0.573. The van der Waals surface area contributed by atoms with Crippen LogP contribution in [-0.2, 0) is 14.3 Å². The molecule has 66 valence electrons. The second-order valence-corrected chi connectivity index (χ2v) is 2.93. The lowest BCUT2D eigenvalue weighted by Gasteiger charge is -2.15. The molecule has 0 N–H and O–H groups in total. The summed E-state index contributed by atoms with van der Waals surface area (Å²) in [6.45, 7) is 5.50. The van der Waals surface area contributed by atoms with E-state index in [-0.39, 0.29) is 25.4 Å². The number of hydrogen-bond donors (Lipinski definition) is 0. The molecule has 0 radical (unpaired) electrons. The van der Waals surface area contributed by atoms with Crippen LogP contribution in [0.15, 0.2) is 0 Å². The number of ether oxygens (including phenoxy) is 2. The zero-order valence-electron chi connectivity index (χ0n) is 7.01. The highest BCUT2D eigenvalue weighted by Gasteiger charge is 2.34. The summed E-state index contributed by atoms with van der Waals surface area (Å²) in [5, 5.41) is 0. The largest absolute Gasteiger partial charge is 0.347 e. The van der Waals surface area contributed by atoms with Gasteiger partial charge in [-0.25, -0.2) is 0 Å². The maximum absolute atomic E-state index is 10.7. The fraction of sp³-hybridized carbons (Fsp3) is 0.857. The molecule has 0 unspecified atom stereocenters. The first-order chi connectivity index (χ1) is 4.51. The first-order valence-electron chi connectivity index (χ1n) is 3.33. The van der Waals surface area contributed by atoms with Gasteiger partial charge >= 0.3 is 0 Å². The smallest absolute Gasteiger partial charge is 0.163 e. The summed E-state index contributed by atoms with van der Waals surface area (Å²) in [6, 6.07) is 0. The number of Topliss-reactive ketones (excluding diaryl/α,β-unsaturated/α-hetero) is 1. The Labute approximate surface area is 73.5 Å². The van der Waals surface area contributed by atoms with Crippen LogP contribution in [0.3, 0.4) is 0 Å². The summed E-state index contributed by atoms with van der Waals surface area (Å²) >= 11 is 0. The fourth-order valence-corrected chi connectivity index (χ4v) is 0.887. The topological polar surface area (TPSA) is 35.5 Å². The van der Waals surface area contributed by atoms with Crippen molar-refractivity contribution in [1.82, 2.24) is 0 Å². The Hall–Kier alpha value is -0.0600. The molecular weight excluding hydrogens is 164 g/mol. The lowest BCUT2D eigenvalue weighted by atomic mass is 10.3. The molecule has 0 aromatic carbocycles. The average Bonchev–Trinajstić information content (AvgIpc) is 2.10. The van der Waals surface area contributed by atoms with Gasteiger partial charge in [-0.2, -0.15) is 13.5 Å². The van der Waals surface area contributed by atoms with Crippen LogP contribution < -0.4 is 0 Å². The zero-order chi connectivity index (χ0) is 7.78. The standard InChI is InChI=1S/C7H12O3.H2S/c1-5(8)6-4-9-7(2,3)10-6;/h6H,4H2,1-3H3;1H2/t6-;/m0./s1. The molecule has 3 nitrogen and oxygen atoms in total. The van der Waals surface area contributed by atoms with Crippen LogP contribution >= 0.6 is 13.5 Å². The highest BCUT2D eigenvalue weighted by molar-refractivity contribution is 7.59. The van der Waals surface area contributed by atoms with Crippen molar-refractivity contribution in [2.75, 3.05) is 6.61 Å². The summed E-state index contributed by atoms with van der Waals surface area (Å²) in [4.78, 5) is 10.7. The van der Waals surface area contributed by atoms with Crippen molar-refractivity contribution in [1.29, 1.82) is 0 Å². The average molecular weight is 178 g/mol. The van der Waals surface area contributed by atoms with Gasteiger partial charge in [0.1, 0.15) is 6.10 Å². The molecule has 0 aliphatic carbocycles. The lowest BCUT2D eigenvalue weighted by Crippen LogP contribution is -2.24. The predicted molar refractivity (Wildman–Crippen MR) is 46.0 cm³/mol. The van der Waals surface area contributed by atoms with E-state index in [1.165, 1.54) is 6.92 Å². The Bertz CT molecular complexity index is 156. The van der Waals surface area contributed by atoms with Gasteiger partial charge in [-0.05, 0) is 20.8 Å². The number of carbonyl (C=O) groups excluding carboxylic acids is 1. The minimum Gasteiger partial charge on any atom is -0.347 e. The second kappa shape index (κ2) is 3.56. The van der Waals surface area contributed by atoms with E-state index in [4.69, 9.17) is 9.47 Å². The molecule has 0 bridgehead atoms. The van der Waals surface area contributed by atoms with Crippen LogP contribution in [0.2, 0.25) is 0 Å². The van der Waals surface area contributed by atoms with Crippen LogP contribution in [0.5, 0.6) is 0 Å². The summed E-state index contributed by atoms with van der Waals surface area (Å²) in [5.41, 5.74) is 0. The summed E-state index contributed by atoms with van der Waals surface area (Å²) in [7, 11) is 0. The van der Waals surface area contributed by atoms with Gasteiger partial charge in [-0.3, -0.25) is 4.79 Å². The van der Waals surface area contributed by atoms with Crippen molar-refractivity contribution in [2.45, 2.75) is 32.7 Å². The first kappa shape index (κ1) is 10.9. The Kier molecular flexibility index (Phi) is 3.54. The van der Waals surface area contributed by atoms with Gasteiger partial charge in [0, 0.05) is 0 Å². The van der Waals surface area contributed by atoms with Gasteiger partial charge in [0.2, 0.25) is 0 Å². The van der Waals surface area contributed by atoms with Gasteiger partial charge in [0.25, 0.3) is 0 Å². The molecule has 1 fully saturated rings. The molecule has 1 atom stereocenters. The van der Waals surface area contributed by atoms with Crippen LogP contribution in [0.25, 0.3) is 0 Å². The quantitative estimate of drug-likeness (QED) is 0.597. The van der Waals surface area contributed by atoms with Crippen molar-refractivity contribution < 1.29 is 14.3 Å². The van der Waals surface area contributed by atoms with E-state index < -0.39 is 5.79 Å². The van der Waals surface area contributed by atoms with Gasteiger partial charge in [-0.1, -0.05) is 0 Å². The Morgan fingerprint density at radius 1 is 1.55 bits per heavy atom. The molecule has 1 heterocycles. The molecular formula is C7H14O3S. The summed E-state index contributed by atoms with van der Waals surface area (Å²) < 4.78 is 10.4. The number of rotatable bonds is 1. The molecule has 0 amide bonds. The van der Waals surface area contributed by atoms with Crippen molar-refractivity contribution in [3.8, 4) is 0 Å². The van der Waals surface area contributed by atoms with Crippen molar-refractivity contribution in [3.05, 3.63) is 0 Å². The third-order valence-electron chi connectivity index (χ3n) is 1.46. The van der Waals surface area contributed by atoms with E-state index in [0.717, 1.165) is 0 Å². The molecule has 1 rings (SSSR count). The lowest BCUT2D eigenvalue weighted by molar-refractivity contribution is -0.150. The van der Waals surface area contributed by atoms with E-state index in [2.05, 4.69) is 0 Å². The highest BCUT2D eigenvalue weighted by Crippen LogP contribution is 2.22. The molecule has 0 saturated carbocycles. The van der Waals surface area contributed by atoms with Gasteiger partial charge in [0.15, 0.2) is 11.6 Å². The number of hydrogen-bond acceptors (Lipinski definition) is 3. The van der Waals surface area contributed by atoms with E-state index in [1.807, 2.05) is 0 Å². The molecule has 11 heavy (non-hydrogen) atoms. The van der Waals surface area contributed by atoms with Crippen molar-refractivity contribution >= 4 is 19.3 Å². The molecule has 4 heteroatoms. The summed E-state index contributed by atoms with van der Waals surface area (Å²) in [5.74, 6) is -0.540. The maximum Gasteiger partial charge on any atom is 0.163 e. The number of ketones is 1. The highest BCUT2D eigenvalue weighted by atomic mass is 32.1. The van der Waals surface area contributed by atoms with Gasteiger partial charge in [0.05, 0.1) is 6.61 Å². The summed E-state index contributed by atoms with van der Waals surface area (Å²) in [6.07, 6.45) is -0.352. The number of carbonyl (C=O) groups is 1. The molecule has 1 aliphatic rings. The van der Waals surface area contributed by atoms with Crippen LogP contribution in [-0.4, -0.2) is 24.3 Å². The van der Waals surface area contributed by atoms with E-state index in [9.17, 15) is 4.79 Å². The van der Waals surface area contributed by atoms with Crippen LogP contribution in [0.4, 0.5) is 0 Å². The third-order valence-corrected chi connectivity index (χ3v) is 1.46. The zero-order valence-corrected chi connectivity index (χ0v) is 8.01. The van der Waals surface area contributed by atoms with E-state index >= 15 is 0 Å². The van der Waals surface area contributed by atoms with Crippen molar-refractivity contribution in [2.24, 2.45) is 0 Å². The molecule has 0 aromatic heterocycles. The first-order valence-corrected chi connectivity index (χ1v) is 3.33. The molecule has 1 aliphatic heterocycles. The Morgan fingerprint density at radius 3 is 2.27 bits per heavy atom. The SMILES string of the molecule is CC(=O)[C@@H]1COC(C)(C)O1.S. The normalized spacial score (nSPS) is 27.7. The Morgan fingerprint density at radius 2 is 2.09 bits per heavy atom. The van der Waals surface area contributed by atoms with Crippen molar-refractivity contribution in [3.63, 3.8) is 0 Å². The monoisotopic (exact) mass is 178 g/mol. The minimum absolute atomic E-state index is 0. The second-order valence-electron chi connectivity index (χ2n) is 2.93. The maximum atomic E-state index is 10.7. The Balaban J connectivity index is 0.000001000. The van der Waals surface area contributed by atoms with Crippen LogP contribution in [0, 0.1) is 0 Å². The third kappa shape index (κ3) is 2.81. The van der Waals surface area contributed by atoms with Crippen LogP contribution in [0.1, 0.15) is 20.8 Å². The molecule has 0 aromatic rings. The van der Waals surface area contributed by atoms with E-state index in [1.54, 1.807) is 13.8 Å². The fourth-order valence-electron chi connectivity index (χ4n) is 0.887. The van der Waals surface area contributed by atoms with Gasteiger partial charge < -0.3 is 9.47 Å².